The highest BCUT2D eigenvalue weighted by Crippen LogP contribution is 2.37. The lowest BCUT2D eigenvalue weighted by molar-refractivity contribution is 0.817. The second-order valence-electron chi connectivity index (χ2n) is 7.24. The summed E-state index contributed by atoms with van der Waals surface area (Å²) >= 11 is 1.85. The molecule has 4 rings (SSSR count). The predicted molar refractivity (Wildman–Crippen MR) is 112 cm³/mol. The zero-order valence-corrected chi connectivity index (χ0v) is 16.9. The Kier molecular flexibility index (Phi) is 4.20. The summed E-state index contributed by atoms with van der Waals surface area (Å²) in [5.41, 5.74) is 7.78. The van der Waals surface area contributed by atoms with Crippen LogP contribution in [0.4, 0.5) is 0 Å². The van der Waals surface area contributed by atoms with E-state index in [9.17, 15) is 0 Å². The van der Waals surface area contributed by atoms with Crippen molar-refractivity contribution in [2.24, 2.45) is 7.05 Å². The third kappa shape index (κ3) is 2.86. The van der Waals surface area contributed by atoms with Crippen molar-refractivity contribution in [3.63, 3.8) is 0 Å². The van der Waals surface area contributed by atoms with Gasteiger partial charge in [-0.2, -0.15) is 0 Å². The molecule has 0 amide bonds. The van der Waals surface area contributed by atoms with Crippen molar-refractivity contribution >= 4 is 21.4 Å². The van der Waals surface area contributed by atoms with Gasteiger partial charge in [0.2, 0.25) is 0 Å². The van der Waals surface area contributed by atoms with Gasteiger partial charge in [0.25, 0.3) is 0 Å². The maximum Gasteiger partial charge on any atom is 0.113 e. The van der Waals surface area contributed by atoms with E-state index in [2.05, 4.69) is 81.9 Å². The first-order chi connectivity index (χ1) is 12.4. The monoisotopic (exact) mass is 360 g/mol. The van der Waals surface area contributed by atoms with E-state index < -0.39 is 0 Å². The molecule has 0 atom stereocenters. The number of imidazole rings is 1. The molecule has 0 aliphatic carbocycles. The van der Waals surface area contributed by atoms with Crippen molar-refractivity contribution in [3.8, 4) is 11.3 Å². The second-order valence-corrected chi connectivity index (χ2v) is 8.49. The number of aryl methyl sites for hydroxylation is 5. The molecule has 2 heterocycles. The highest BCUT2D eigenvalue weighted by Gasteiger charge is 2.16. The quantitative estimate of drug-likeness (QED) is 0.430. The fraction of sp³-hybridized carbons (Fsp3) is 0.261. The summed E-state index contributed by atoms with van der Waals surface area (Å²) in [6, 6.07) is 13.2. The normalized spacial score (nSPS) is 11.4. The van der Waals surface area contributed by atoms with Gasteiger partial charge >= 0.3 is 0 Å². The standard InChI is InChI=1S/C23H24N2S/c1-14-10-15(2)19(16(3)11-14)12-22-24-20(13-25(22)5)23-17(4)26-21-9-7-6-8-18(21)23/h6-11,13H,12H2,1-5H3. The lowest BCUT2D eigenvalue weighted by atomic mass is 9.97. The summed E-state index contributed by atoms with van der Waals surface area (Å²) in [5.74, 6) is 1.12. The Morgan fingerprint density at radius 2 is 1.69 bits per heavy atom. The minimum atomic E-state index is 0.871. The zero-order chi connectivity index (χ0) is 18.4. The molecule has 3 heteroatoms. The minimum absolute atomic E-state index is 0.871. The van der Waals surface area contributed by atoms with Gasteiger partial charge in [0.15, 0.2) is 0 Å². The van der Waals surface area contributed by atoms with Gasteiger partial charge in [-0.05, 0) is 50.5 Å². The van der Waals surface area contributed by atoms with Crippen molar-refractivity contribution in [1.82, 2.24) is 9.55 Å². The van der Waals surface area contributed by atoms with Gasteiger partial charge in [0.1, 0.15) is 5.82 Å². The van der Waals surface area contributed by atoms with Crippen LogP contribution in [0.2, 0.25) is 0 Å². The lowest BCUT2D eigenvalue weighted by Crippen LogP contribution is -2.02. The maximum atomic E-state index is 5.03. The van der Waals surface area contributed by atoms with E-state index in [0.717, 1.165) is 17.9 Å². The van der Waals surface area contributed by atoms with E-state index >= 15 is 0 Å². The minimum Gasteiger partial charge on any atom is -0.337 e. The van der Waals surface area contributed by atoms with Crippen LogP contribution in [-0.4, -0.2) is 9.55 Å². The van der Waals surface area contributed by atoms with Crippen LogP contribution >= 0.6 is 11.3 Å². The Balaban J connectivity index is 1.78. The average Bonchev–Trinajstić information content (AvgIpc) is 3.09. The fourth-order valence-electron chi connectivity index (χ4n) is 3.92. The Labute approximate surface area is 159 Å². The Morgan fingerprint density at radius 1 is 1.00 bits per heavy atom. The molecular weight excluding hydrogens is 336 g/mol. The number of rotatable bonds is 3. The second kappa shape index (κ2) is 6.40. The predicted octanol–water partition coefficient (Wildman–Crippen LogP) is 6.13. The number of hydrogen-bond donors (Lipinski definition) is 0. The highest BCUT2D eigenvalue weighted by molar-refractivity contribution is 7.19. The van der Waals surface area contributed by atoms with Crippen LogP contribution in [0.5, 0.6) is 0 Å². The molecular formula is C23H24N2S. The lowest BCUT2D eigenvalue weighted by Gasteiger charge is -2.11. The molecule has 0 fully saturated rings. The molecule has 0 bridgehead atoms. The molecule has 0 radical (unpaired) electrons. The summed E-state index contributed by atoms with van der Waals surface area (Å²) in [4.78, 5) is 6.36. The first kappa shape index (κ1) is 17.0. The first-order valence-electron chi connectivity index (χ1n) is 9.01. The third-order valence-corrected chi connectivity index (χ3v) is 6.26. The van der Waals surface area contributed by atoms with Crippen LogP contribution in [0.15, 0.2) is 42.6 Å². The molecule has 2 aromatic carbocycles. The number of aromatic nitrogens is 2. The van der Waals surface area contributed by atoms with Crippen molar-refractivity contribution in [2.45, 2.75) is 34.1 Å². The van der Waals surface area contributed by atoms with Gasteiger partial charge in [0.05, 0.1) is 5.69 Å². The molecule has 26 heavy (non-hydrogen) atoms. The van der Waals surface area contributed by atoms with Crippen molar-refractivity contribution in [2.75, 3.05) is 0 Å². The molecule has 0 unspecified atom stereocenters. The van der Waals surface area contributed by atoms with E-state index in [4.69, 9.17) is 4.98 Å². The van der Waals surface area contributed by atoms with Gasteiger partial charge < -0.3 is 4.57 Å². The summed E-state index contributed by atoms with van der Waals surface area (Å²) in [6.07, 6.45) is 3.05. The van der Waals surface area contributed by atoms with Crippen LogP contribution in [0, 0.1) is 27.7 Å². The largest absolute Gasteiger partial charge is 0.337 e. The smallest absolute Gasteiger partial charge is 0.113 e. The van der Waals surface area contributed by atoms with Crippen LogP contribution in [0.25, 0.3) is 21.3 Å². The molecule has 0 N–H and O–H groups in total. The third-order valence-electron chi connectivity index (χ3n) is 5.18. The summed E-state index contributed by atoms with van der Waals surface area (Å²) in [5, 5.41) is 1.31. The zero-order valence-electron chi connectivity index (χ0n) is 16.1. The van der Waals surface area contributed by atoms with Crippen molar-refractivity contribution in [3.05, 3.63) is 75.6 Å². The van der Waals surface area contributed by atoms with Crippen LogP contribution in [-0.2, 0) is 13.5 Å². The van der Waals surface area contributed by atoms with E-state index in [1.54, 1.807) is 0 Å². The Hall–Kier alpha value is -2.39. The van der Waals surface area contributed by atoms with Crippen LogP contribution < -0.4 is 0 Å². The summed E-state index contributed by atoms with van der Waals surface area (Å²) < 4.78 is 3.51. The summed E-state index contributed by atoms with van der Waals surface area (Å²) in [7, 11) is 2.11. The van der Waals surface area contributed by atoms with Gasteiger partial charge in [-0.1, -0.05) is 35.9 Å². The molecule has 4 aromatic rings. The molecule has 132 valence electrons. The number of nitrogens with zero attached hydrogens (tertiary/aromatic N) is 2. The van der Waals surface area contributed by atoms with E-state index in [1.165, 1.54) is 42.8 Å². The van der Waals surface area contributed by atoms with Crippen molar-refractivity contribution < 1.29 is 0 Å². The topological polar surface area (TPSA) is 17.8 Å². The van der Waals surface area contributed by atoms with Crippen LogP contribution in [0.3, 0.4) is 0 Å². The number of thiophene rings is 1. The molecule has 2 aromatic heterocycles. The Morgan fingerprint density at radius 3 is 2.42 bits per heavy atom. The summed E-state index contributed by atoms with van der Waals surface area (Å²) in [6.45, 7) is 8.77. The van der Waals surface area contributed by atoms with Gasteiger partial charge in [-0.25, -0.2) is 4.98 Å². The molecule has 0 spiro atoms. The number of hydrogen-bond acceptors (Lipinski definition) is 2. The van der Waals surface area contributed by atoms with E-state index in [-0.39, 0.29) is 0 Å². The molecule has 0 aliphatic rings. The molecule has 2 nitrogen and oxygen atoms in total. The molecule has 0 saturated heterocycles. The average molecular weight is 361 g/mol. The van der Waals surface area contributed by atoms with Gasteiger partial charge in [-0.15, -0.1) is 11.3 Å². The number of benzene rings is 2. The SMILES string of the molecule is Cc1cc(C)c(Cc2nc(-c3c(C)sc4ccccc34)cn2C)c(C)c1. The van der Waals surface area contributed by atoms with E-state index in [1.807, 2.05) is 11.3 Å². The van der Waals surface area contributed by atoms with Gasteiger partial charge in [-0.3, -0.25) is 0 Å². The van der Waals surface area contributed by atoms with Crippen molar-refractivity contribution in [1.29, 1.82) is 0 Å². The number of fused-ring (bicyclic) bond motifs is 1. The maximum absolute atomic E-state index is 5.03. The molecule has 0 aliphatic heterocycles. The Bertz CT molecular complexity index is 1090. The van der Waals surface area contributed by atoms with Crippen LogP contribution in [0.1, 0.15) is 33.0 Å². The fourth-order valence-corrected chi connectivity index (χ4v) is 5.00. The molecule has 0 saturated carbocycles. The highest BCUT2D eigenvalue weighted by atomic mass is 32.1. The van der Waals surface area contributed by atoms with Gasteiger partial charge in [0, 0.05) is 40.2 Å². The first-order valence-corrected chi connectivity index (χ1v) is 9.83. The van der Waals surface area contributed by atoms with E-state index in [0.29, 0.717) is 0 Å².